The molecule has 0 bridgehead atoms. The van der Waals surface area contributed by atoms with Crippen LogP contribution in [0.25, 0.3) is 0 Å². The summed E-state index contributed by atoms with van der Waals surface area (Å²) in [7, 11) is 0. The zero-order chi connectivity index (χ0) is 6.69. The second-order valence-electron chi connectivity index (χ2n) is 2.00. The van der Waals surface area contributed by atoms with Crippen molar-refractivity contribution in [3.05, 3.63) is 0 Å². The highest BCUT2D eigenvalue weighted by Gasteiger charge is 2.15. The first kappa shape index (κ1) is 6.89. The quantitative estimate of drug-likeness (QED) is 0.567. The molecule has 1 aliphatic heterocycles. The molecule has 0 aromatic carbocycles. The van der Waals surface area contributed by atoms with Crippen LogP contribution in [-0.2, 0) is 4.84 Å². The fraction of sp³-hybridized carbons (Fsp3) is 1.00. The van der Waals surface area contributed by atoms with E-state index in [0.29, 0.717) is 13.1 Å². The molecule has 0 unspecified atom stereocenters. The van der Waals surface area contributed by atoms with Crippen LogP contribution in [0.2, 0.25) is 0 Å². The largest absolute Gasteiger partial charge is 0.360 e. The summed E-state index contributed by atoms with van der Waals surface area (Å²) < 4.78 is 22.8. The second-order valence-corrected chi connectivity index (χ2v) is 2.00. The van der Waals surface area contributed by atoms with Crippen molar-refractivity contribution < 1.29 is 13.6 Å². The van der Waals surface area contributed by atoms with Gasteiger partial charge in [0.05, 0.1) is 0 Å². The third-order valence-electron chi connectivity index (χ3n) is 1.29. The predicted molar refractivity (Wildman–Crippen MR) is 27.9 cm³/mol. The highest BCUT2D eigenvalue weighted by molar-refractivity contribution is 4.56. The lowest BCUT2D eigenvalue weighted by Gasteiger charge is -2.12. The number of nitrogens with zero attached hydrogens (tertiary/aromatic N) is 1. The van der Waals surface area contributed by atoms with Crippen LogP contribution in [0.4, 0.5) is 8.78 Å². The lowest BCUT2D eigenvalue weighted by atomic mass is 10.4. The summed E-state index contributed by atoms with van der Waals surface area (Å²) in [5.74, 6) is 0. The predicted octanol–water partition coefficient (Wildman–Crippen LogP) is 1.24. The van der Waals surface area contributed by atoms with Crippen LogP contribution >= 0.6 is 0 Å². The van der Waals surface area contributed by atoms with E-state index >= 15 is 0 Å². The first-order valence-corrected chi connectivity index (χ1v) is 2.99. The molecule has 0 aromatic heterocycles. The van der Waals surface area contributed by atoms with Gasteiger partial charge in [0.15, 0.2) is 0 Å². The second kappa shape index (κ2) is 3.08. The number of halogens is 2. The Balaban J connectivity index is 2.11. The van der Waals surface area contributed by atoms with Gasteiger partial charge in [-0.2, -0.15) is 13.8 Å². The van der Waals surface area contributed by atoms with Crippen LogP contribution in [0.5, 0.6) is 0 Å². The highest BCUT2D eigenvalue weighted by atomic mass is 19.3. The SMILES string of the molecule is FC(F)ON1CCCC1. The zero-order valence-corrected chi connectivity index (χ0v) is 5.02. The van der Waals surface area contributed by atoms with Gasteiger partial charge < -0.3 is 0 Å². The van der Waals surface area contributed by atoms with Crippen molar-refractivity contribution >= 4 is 0 Å². The maximum Gasteiger partial charge on any atom is 0.360 e. The summed E-state index contributed by atoms with van der Waals surface area (Å²) in [5.41, 5.74) is 0. The Morgan fingerprint density at radius 2 is 1.78 bits per heavy atom. The summed E-state index contributed by atoms with van der Waals surface area (Å²) in [6, 6.07) is 0. The van der Waals surface area contributed by atoms with E-state index in [1.807, 2.05) is 0 Å². The van der Waals surface area contributed by atoms with E-state index in [9.17, 15) is 8.78 Å². The fourth-order valence-electron chi connectivity index (χ4n) is 0.906. The molecule has 0 radical (unpaired) electrons. The molecule has 0 aromatic rings. The first-order valence-electron chi connectivity index (χ1n) is 2.99. The molecule has 1 fully saturated rings. The third kappa shape index (κ3) is 2.24. The Hall–Kier alpha value is -0.220. The van der Waals surface area contributed by atoms with Crippen molar-refractivity contribution in [2.45, 2.75) is 19.5 Å². The molecule has 54 valence electrons. The van der Waals surface area contributed by atoms with Crippen LogP contribution in [0, 0.1) is 0 Å². The smallest absolute Gasteiger partial charge is 0.232 e. The Morgan fingerprint density at radius 1 is 1.22 bits per heavy atom. The monoisotopic (exact) mass is 137 g/mol. The van der Waals surface area contributed by atoms with Gasteiger partial charge in [-0.3, -0.25) is 0 Å². The first-order chi connectivity index (χ1) is 4.29. The third-order valence-corrected chi connectivity index (χ3v) is 1.29. The maximum atomic E-state index is 11.4. The van der Waals surface area contributed by atoms with Gasteiger partial charge in [0, 0.05) is 13.1 Å². The standard InChI is InChI=1S/C5H9F2NO/c6-5(7)9-8-3-1-2-4-8/h5H,1-4H2. The summed E-state index contributed by atoms with van der Waals surface area (Å²) in [4.78, 5) is 4.11. The Bertz CT molecular complexity index is 83.0. The molecule has 0 saturated carbocycles. The minimum absolute atomic E-state index is 0.643. The summed E-state index contributed by atoms with van der Waals surface area (Å²) >= 11 is 0. The van der Waals surface area contributed by atoms with Gasteiger partial charge in [-0.25, -0.2) is 4.84 Å². The number of hydrogen-bond acceptors (Lipinski definition) is 2. The van der Waals surface area contributed by atoms with Gasteiger partial charge in [0.1, 0.15) is 0 Å². The number of hydrogen-bond donors (Lipinski definition) is 0. The van der Waals surface area contributed by atoms with Crippen molar-refractivity contribution in [1.29, 1.82) is 0 Å². The van der Waals surface area contributed by atoms with E-state index in [-0.39, 0.29) is 0 Å². The van der Waals surface area contributed by atoms with Crippen molar-refractivity contribution in [2.24, 2.45) is 0 Å². The van der Waals surface area contributed by atoms with Crippen molar-refractivity contribution in [3.8, 4) is 0 Å². The summed E-state index contributed by atoms with van der Waals surface area (Å²) in [6.07, 6.45) is 1.93. The molecule has 0 N–H and O–H groups in total. The van der Waals surface area contributed by atoms with Crippen LogP contribution in [0.15, 0.2) is 0 Å². The molecule has 9 heavy (non-hydrogen) atoms. The number of hydroxylamine groups is 2. The van der Waals surface area contributed by atoms with E-state index < -0.39 is 6.61 Å². The Labute approximate surface area is 52.4 Å². The van der Waals surface area contributed by atoms with Gasteiger partial charge in [-0.05, 0) is 12.8 Å². The molecule has 4 heteroatoms. The van der Waals surface area contributed by atoms with Crippen molar-refractivity contribution in [3.63, 3.8) is 0 Å². The lowest BCUT2D eigenvalue weighted by Crippen LogP contribution is -2.22. The Morgan fingerprint density at radius 3 is 2.22 bits per heavy atom. The molecular formula is C5H9F2NO. The topological polar surface area (TPSA) is 12.5 Å². The van der Waals surface area contributed by atoms with Gasteiger partial charge in [0.25, 0.3) is 0 Å². The average molecular weight is 137 g/mol. The highest BCUT2D eigenvalue weighted by Crippen LogP contribution is 2.10. The molecule has 1 saturated heterocycles. The van der Waals surface area contributed by atoms with Crippen molar-refractivity contribution in [1.82, 2.24) is 5.06 Å². The van der Waals surface area contributed by atoms with E-state index in [2.05, 4.69) is 4.84 Å². The molecule has 0 amide bonds. The average Bonchev–Trinajstić information content (AvgIpc) is 2.15. The zero-order valence-electron chi connectivity index (χ0n) is 5.02. The minimum Gasteiger partial charge on any atom is -0.232 e. The minimum atomic E-state index is -2.65. The molecule has 0 aliphatic carbocycles. The molecule has 2 nitrogen and oxygen atoms in total. The fourth-order valence-corrected chi connectivity index (χ4v) is 0.906. The summed E-state index contributed by atoms with van der Waals surface area (Å²) in [5, 5.41) is 1.31. The number of alkyl halides is 2. The molecule has 0 spiro atoms. The van der Waals surface area contributed by atoms with E-state index in [0.717, 1.165) is 12.8 Å². The van der Waals surface area contributed by atoms with Gasteiger partial charge in [-0.15, -0.1) is 0 Å². The molecule has 1 rings (SSSR count). The molecular weight excluding hydrogens is 128 g/mol. The van der Waals surface area contributed by atoms with Crippen LogP contribution in [-0.4, -0.2) is 24.8 Å². The van der Waals surface area contributed by atoms with Crippen LogP contribution < -0.4 is 0 Å². The van der Waals surface area contributed by atoms with E-state index in [1.165, 1.54) is 5.06 Å². The van der Waals surface area contributed by atoms with Crippen molar-refractivity contribution in [2.75, 3.05) is 13.1 Å². The van der Waals surface area contributed by atoms with Gasteiger partial charge in [0.2, 0.25) is 0 Å². The maximum absolute atomic E-state index is 11.4. The van der Waals surface area contributed by atoms with Crippen LogP contribution in [0.1, 0.15) is 12.8 Å². The van der Waals surface area contributed by atoms with Gasteiger partial charge >= 0.3 is 6.61 Å². The molecule has 1 heterocycles. The van der Waals surface area contributed by atoms with Crippen LogP contribution in [0.3, 0.4) is 0 Å². The normalized spacial score (nSPS) is 21.7. The number of rotatable bonds is 2. The summed E-state index contributed by atoms with van der Waals surface area (Å²) in [6.45, 7) is -1.36. The van der Waals surface area contributed by atoms with E-state index in [4.69, 9.17) is 0 Å². The van der Waals surface area contributed by atoms with Gasteiger partial charge in [-0.1, -0.05) is 0 Å². The molecule has 1 aliphatic rings. The Kier molecular flexibility index (Phi) is 2.36. The molecule has 0 atom stereocenters. The lowest BCUT2D eigenvalue weighted by molar-refractivity contribution is -0.274. The van der Waals surface area contributed by atoms with E-state index in [1.54, 1.807) is 0 Å².